The normalized spacial score (nSPS) is 13.4. The van der Waals surface area contributed by atoms with Crippen molar-refractivity contribution in [2.75, 3.05) is 14.2 Å². The fraction of sp³-hybridized carbons (Fsp3) is 0.862. The van der Waals surface area contributed by atoms with E-state index in [1.165, 1.54) is 72.0 Å². The van der Waals surface area contributed by atoms with E-state index in [9.17, 15) is 9.59 Å². The van der Waals surface area contributed by atoms with Crippen LogP contribution in [0.2, 0.25) is 0 Å². The summed E-state index contributed by atoms with van der Waals surface area (Å²) in [6, 6.07) is 0. The van der Waals surface area contributed by atoms with Crippen molar-refractivity contribution in [2.24, 2.45) is 0 Å². The van der Waals surface area contributed by atoms with E-state index >= 15 is 0 Å². The molecule has 0 fully saturated rings. The van der Waals surface area contributed by atoms with E-state index in [2.05, 4.69) is 18.8 Å². The standard InChI is InChI=1S/C29H52O6/c1-6-7-8-9-10-11-12-13-14-15-16-17-24-29(34-25(2)20-18-22-27(30)32-4)35-26(3)21-19-23-28(31)33-5/h25-26,29H,6-16,18-23H2,1-5H3. The smallest absolute Gasteiger partial charge is 0.305 e. The molecule has 0 saturated carbocycles. The lowest BCUT2D eigenvalue weighted by molar-refractivity contribution is -0.158. The molecule has 2 atom stereocenters. The quantitative estimate of drug-likeness (QED) is 0.0687. The van der Waals surface area contributed by atoms with Crippen LogP contribution in [-0.4, -0.2) is 44.7 Å². The van der Waals surface area contributed by atoms with Gasteiger partial charge in [-0.05, 0) is 51.9 Å². The molecule has 0 aliphatic rings. The molecule has 0 amide bonds. The van der Waals surface area contributed by atoms with E-state index in [0.717, 1.165) is 25.7 Å². The van der Waals surface area contributed by atoms with Crippen LogP contribution in [0.1, 0.15) is 130 Å². The van der Waals surface area contributed by atoms with E-state index in [1.54, 1.807) is 0 Å². The fourth-order valence-corrected chi connectivity index (χ4v) is 3.79. The van der Waals surface area contributed by atoms with Gasteiger partial charge in [0.1, 0.15) is 0 Å². The van der Waals surface area contributed by atoms with Gasteiger partial charge >= 0.3 is 11.9 Å². The Morgan fingerprint density at radius 2 is 1.09 bits per heavy atom. The largest absolute Gasteiger partial charge is 0.469 e. The first kappa shape index (κ1) is 33.4. The molecule has 6 heteroatoms. The second kappa shape index (κ2) is 24.1. The van der Waals surface area contributed by atoms with Crippen LogP contribution in [0.15, 0.2) is 0 Å². The molecule has 204 valence electrons. The van der Waals surface area contributed by atoms with E-state index in [4.69, 9.17) is 18.9 Å². The van der Waals surface area contributed by atoms with Crippen molar-refractivity contribution in [2.45, 2.75) is 148 Å². The van der Waals surface area contributed by atoms with Crippen molar-refractivity contribution in [1.29, 1.82) is 0 Å². The van der Waals surface area contributed by atoms with Crippen molar-refractivity contribution in [3.05, 3.63) is 0 Å². The number of carbonyl (C=O) groups excluding carboxylic acids is 2. The SMILES string of the molecule is CCCCCCCCCCCCC#CC(OC(C)CCCC(=O)OC)OC(C)CCCC(=O)OC. The van der Waals surface area contributed by atoms with Crippen LogP contribution < -0.4 is 0 Å². The Hall–Kier alpha value is -1.58. The van der Waals surface area contributed by atoms with Gasteiger partial charge in [0.2, 0.25) is 6.29 Å². The third kappa shape index (κ3) is 22.6. The molecule has 0 radical (unpaired) electrons. The van der Waals surface area contributed by atoms with Crippen LogP contribution in [0.5, 0.6) is 0 Å². The molecule has 2 unspecified atom stereocenters. The number of rotatable bonds is 22. The van der Waals surface area contributed by atoms with Crippen molar-refractivity contribution >= 4 is 11.9 Å². The summed E-state index contributed by atoms with van der Waals surface area (Å²) in [6.07, 6.45) is 16.7. The molecule has 35 heavy (non-hydrogen) atoms. The molecule has 0 rings (SSSR count). The maximum atomic E-state index is 11.3. The summed E-state index contributed by atoms with van der Waals surface area (Å²) in [4.78, 5) is 22.7. The fourth-order valence-electron chi connectivity index (χ4n) is 3.79. The summed E-state index contributed by atoms with van der Waals surface area (Å²) >= 11 is 0. The third-order valence-electron chi connectivity index (χ3n) is 6.03. The second-order valence-corrected chi connectivity index (χ2v) is 9.42. The highest BCUT2D eigenvalue weighted by Crippen LogP contribution is 2.14. The molecule has 0 heterocycles. The minimum atomic E-state index is -0.612. The lowest BCUT2D eigenvalue weighted by atomic mass is 10.1. The maximum Gasteiger partial charge on any atom is 0.305 e. The van der Waals surface area contributed by atoms with Crippen LogP contribution in [0.4, 0.5) is 0 Å². The number of methoxy groups -OCH3 is 2. The lowest BCUT2D eigenvalue weighted by Crippen LogP contribution is -2.26. The zero-order valence-corrected chi connectivity index (χ0v) is 23.2. The monoisotopic (exact) mass is 496 g/mol. The molecular formula is C29H52O6. The number of hydrogen-bond donors (Lipinski definition) is 0. The Kier molecular flexibility index (Phi) is 23.0. The molecule has 0 aliphatic carbocycles. The molecule has 0 saturated heterocycles. The lowest BCUT2D eigenvalue weighted by Gasteiger charge is -2.22. The summed E-state index contributed by atoms with van der Waals surface area (Å²) < 4.78 is 21.5. The molecule has 0 N–H and O–H groups in total. The van der Waals surface area contributed by atoms with E-state index in [-0.39, 0.29) is 24.1 Å². The van der Waals surface area contributed by atoms with Crippen molar-refractivity contribution in [3.8, 4) is 11.8 Å². The average molecular weight is 497 g/mol. The molecule has 0 bridgehead atoms. The summed E-state index contributed by atoms with van der Waals surface area (Å²) in [5.74, 6) is 5.98. The van der Waals surface area contributed by atoms with Crippen molar-refractivity contribution in [1.82, 2.24) is 0 Å². The maximum absolute atomic E-state index is 11.3. The highest BCUT2D eigenvalue weighted by Gasteiger charge is 2.16. The minimum Gasteiger partial charge on any atom is -0.469 e. The van der Waals surface area contributed by atoms with Crippen molar-refractivity contribution < 1.29 is 28.5 Å². The third-order valence-corrected chi connectivity index (χ3v) is 6.03. The summed E-state index contributed by atoms with van der Waals surface area (Å²) in [6.45, 7) is 6.20. The predicted molar refractivity (Wildman–Crippen MR) is 141 cm³/mol. The average Bonchev–Trinajstić information content (AvgIpc) is 2.84. The number of esters is 2. The Balaban J connectivity index is 4.38. The molecular weight excluding hydrogens is 444 g/mol. The number of unbranched alkanes of at least 4 members (excludes halogenated alkanes) is 10. The number of hydrogen-bond acceptors (Lipinski definition) is 6. The van der Waals surface area contributed by atoms with Gasteiger partial charge in [-0.25, -0.2) is 0 Å². The first-order valence-corrected chi connectivity index (χ1v) is 13.9. The first-order valence-electron chi connectivity index (χ1n) is 13.9. The topological polar surface area (TPSA) is 71.1 Å². The van der Waals surface area contributed by atoms with Gasteiger partial charge in [-0.3, -0.25) is 9.59 Å². The van der Waals surface area contributed by atoms with Crippen LogP contribution >= 0.6 is 0 Å². The molecule has 0 aromatic carbocycles. The van der Waals surface area contributed by atoms with Crippen LogP contribution in [0.25, 0.3) is 0 Å². The van der Waals surface area contributed by atoms with Gasteiger partial charge in [-0.1, -0.05) is 70.6 Å². The predicted octanol–water partition coefficient (Wildman–Crippen LogP) is 7.12. The number of carbonyl (C=O) groups is 2. The van der Waals surface area contributed by atoms with Crippen LogP contribution in [-0.2, 0) is 28.5 Å². The van der Waals surface area contributed by atoms with Crippen LogP contribution in [0.3, 0.4) is 0 Å². The zero-order valence-electron chi connectivity index (χ0n) is 23.2. The van der Waals surface area contributed by atoms with Crippen LogP contribution in [0, 0.1) is 11.8 Å². The van der Waals surface area contributed by atoms with E-state index in [1.807, 2.05) is 13.8 Å². The first-order chi connectivity index (χ1) is 16.9. The summed E-state index contributed by atoms with van der Waals surface area (Å²) in [7, 11) is 2.80. The molecule has 0 aromatic heterocycles. The molecule has 0 spiro atoms. The highest BCUT2D eigenvalue weighted by molar-refractivity contribution is 5.69. The van der Waals surface area contributed by atoms with Gasteiger partial charge in [0.15, 0.2) is 0 Å². The Bertz CT molecular complexity index is 549. The highest BCUT2D eigenvalue weighted by atomic mass is 16.7. The molecule has 0 aliphatic heterocycles. The Morgan fingerprint density at radius 1 is 0.657 bits per heavy atom. The summed E-state index contributed by atoms with van der Waals surface area (Å²) in [5.41, 5.74) is 0. The van der Waals surface area contributed by atoms with Gasteiger partial charge in [0.25, 0.3) is 0 Å². The molecule has 6 nitrogen and oxygen atoms in total. The second-order valence-electron chi connectivity index (χ2n) is 9.42. The van der Waals surface area contributed by atoms with E-state index < -0.39 is 6.29 Å². The zero-order chi connectivity index (χ0) is 26.2. The number of ether oxygens (including phenoxy) is 4. The van der Waals surface area contributed by atoms with Gasteiger partial charge in [0, 0.05) is 19.3 Å². The van der Waals surface area contributed by atoms with Gasteiger partial charge in [-0.15, -0.1) is 0 Å². The minimum absolute atomic E-state index is 0.0847. The van der Waals surface area contributed by atoms with Gasteiger partial charge in [-0.2, -0.15) is 0 Å². The molecule has 0 aromatic rings. The Morgan fingerprint density at radius 3 is 1.51 bits per heavy atom. The summed E-state index contributed by atoms with van der Waals surface area (Å²) in [5, 5.41) is 0. The van der Waals surface area contributed by atoms with Gasteiger partial charge < -0.3 is 18.9 Å². The Labute approximate surface area is 215 Å². The van der Waals surface area contributed by atoms with E-state index in [0.29, 0.717) is 25.7 Å². The van der Waals surface area contributed by atoms with Crippen molar-refractivity contribution in [3.63, 3.8) is 0 Å². The van der Waals surface area contributed by atoms with Gasteiger partial charge in [0.05, 0.1) is 26.4 Å².